The second-order valence-electron chi connectivity index (χ2n) is 5.60. The van der Waals surface area contributed by atoms with Crippen LogP contribution in [0.15, 0.2) is 51.8 Å². The number of carbonyl (C=O) groups is 1. The van der Waals surface area contributed by atoms with E-state index < -0.39 is 0 Å². The number of halogens is 2. The molecular weight excluding hydrogens is 440 g/mol. The summed E-state index contributed by atoms with van der Waals surface area (Å²) in [4.78, 5) is 16.9. The zero-order valence-corrected chi connectivity index (χ0v) is 17.5. The summed E-state index contributed by atoms with van der Waals surface area (Å²) in [5.74, 6) is -0.134. The molecule has 25 heavy (non-hydrogen) atoms. The van der Waals surface area contributed by atoms with E-state index in [-0.39, 0.29) is 5.91 Å². The first-order valence-electron chi connectivity index (χ1n) is 7.37. The predicted octanol–water partition coefficient (Wildman–Crippen LogP) is 5.57. The van der Waals surface area contributed by atoms with E-state index in [1.165, 1.54) is 16.7 Å². The minimum Gasteiger partial charge on any atom is -0.378 e. The molecule has 0 spiro atoms. The smallest absolute Gasteiger partial charge is 0.270 e. The highest BCUT2D eigenvalue weighted by Gasteiger charge is 2.33. The van der Waals surface area contributed by atoms with Crippen molar-refractivity contribution in [1.29, 1.82) is 0 Å². The minimum absolute atomic E-state index is 0.134. The van der Waals surface area contributed by atoms with Crippen LogP contribution in [0.3, 0.4) is 0 Å². The van der Waals surface area contributed by atoms with Crippen molar-refractivity contribution in [3.05, 3.63) is 62.4 Å². The Hall–Kier alpha value is -1.34. The van der Waals surface area contributed by atoms with Crippen molar-refractivity contribution in [2.45, 2.75) is 0 Å². The van der Waals surface area contributed by atoms with E-state index in [4.69, 9.17) is 23.8 Å². The molecule has 1 aliphatic heterocycles. The van der Waals surface area contributed by atoms with Gasteiger partial charge in [0.05, 0.1) is 15.6 Å². The van der Waals surface area contributed by atoms with Gasteiger partial charge in [-0.2, -0.15) is 0 Å². The van der Waals surface area contributed by atoms with Crippen molar-refractivity contribution < 1.29 is 4.79 Å². The van der Waals surface area contributed by atoms with Gasteiger partial charge >= 0.3 is 0 Å². The van der Waals surface area contributed by atoms with Gasteiger partial charge in [0, 0.05) is 24.3 Å². The van der Waals surface area contributed by atoms with E-state index in [2.05, 4.69) is 15.9 Å². The summed E-state index contributed by atoms with van der Waals surface area (Å²) >= 11 is 16.2. The second-order valence-corrected chi connectivity index (χ2v) is 8.54. The molecule has 1 amide bonds. The van der Waals surface area contributed by atoms with Crippen LogP contribution in [-0.4, -0.2) is 24.3 Å². The molecule has 0 radical (unpaired) electrons. The molecule has 1 saturated heterocycles. The average Bonchev–Trinajstić information content (AvgIpc) is 2.85. The summed E-state index contributed by atoms with van der Waals surface area (Å²) in [7, 11) is 3.98. The Labute approximate surface area is 169 Å². The summed E-state index contributed by atoms with van der Waals surface area (Å²) in [6.07, 6.45) is 1.86. The molecule has 0 saturated carbocycles. The van der Waals surface area contributed by atoms with Crippen molar-refractivity contribution in [2.75, 3.05) is 23.9 Å². The molecular formula is C18H14BrClN2OS2. The van der Waals surface area contributed by atoms with Gasteiger partial charge in [-0.3, -0.25) is 9.69 Å². The largest absolute Gasteiger partial charge is 0.378 e. The number of benzene rings is 2. The Morgan fingerprint density at radius 2 is 1.88 bits per heavy atom. The zero-order valence-electron chi connectivity index (χ0n) is 13.5. The fraction of sp³-hybridized carbons (Fsp3) is 0.111. The summed E-state index contributed by atoms with van der Waals surface area (Å²) in [6, 6.07) is 13.3. The van der Waals surface area contributed by atoms with Crippen LogP contribution in [0.4, 0.5) is 11.4 Å². The number of hydrogen-bond acceptors (Lipinski definition) is 4. The normalized spacial score (nSPS) is 16.0. The molecule has 2 aromatic carbocycles. The second kappa shape index (κ2) is 7.50. The van der Waals surface area contributed by atoms with Crippen molar-refractivity contribution >= 4 is 79.2 Å². The molecule has 0 bridgehead atoms. The number of thioether (sulfide) groups is 1. The SMILES string of the molecule is CN(C)c1ccc(/C=C2/SC(=S)N(c3ccc(Br)c(Cl)c3)C2=O)cc1. The minimum atomic E-state index is -0.134. The van der Waals surface area contributed by atoms with E-state index >= 15 is 0 Å². The van der Waals surface area contributed by atoms with Crippen LogP contribution in [0.1, 0.15) is 5.56 Å². The quantitative estimate of drug-likeness (QED) is 0.447. The molecule has 1 aliphatic rings. The van der Waals surface area contributed by atoms with Gasteiger partial charge in [-0.15, -0.1) is 0 Å². The van der Waals surface area contributed by atoms with Crippen molar-refractivity contribution in [2.24, 2.45) is 0 Å². The van der Waals surface area contributed by atoms with Gasteiger partial charge in [0.1, 0.15) is 0 Å². The Bertz CT molecular complexity index is 881. The molecule has 3 nitrogen and oxygen atoms in total. The average molecular weight is 454 g/mol. The monoisotopic (exact) mass is 452 g/mol. The van der Waals surface area contributed by atoms with Gasteiger partial charge in [0.25, 0.3) is 5.91 Å². The molecule has 0 aromatic heterocycles. The lowest BCUT2D eigenvalue weighted by Gasteiger charge is -2.15. The van der Waals surface area contributed by atoms with Crippen LogP contribution in [0, 0.1) is 0 Å². The van der Waals surface area contributed by atoms with E-state index in [1.54, 1.807) is 12.1 Å². The first-order valence-corrected chi connectivity index (χ1v) is 9.77. The third kappa shape index (κ3) is 3.92. The number of anilines is 2. The third-order valence-electron chi connectivity index (χ3n) is 3.66. The highest BCUT2D eigenvalue weighted by Crippen LogP contribution is 2.38. The maximum atomic E-state index is 12.8. The Morgan fingerprint density at radius 3 is 2.48 bits per heavy atom. The first-order chi connectivity index (χ1) is 11.9. The van der Waals surface area contributed by atoms with Gasteiger partial charge in [-0.25, -0.2) is 0 Å². The molecule has 0 unspecified atom stereocenters. The highest BCUT2D eigenvalue weighted by molar-refractivity contribution is 9.10. The Balaban J connectivity index is 1.88. The Morgan fingerprint density at radius 1 is 1.20 bits per heavy atom. The predicted molar refractivity (Wildman–Crippen MR) is 116 cm³/mol. The van der Waals surface area contributed by atoms with Crippen LogP contribution in [0.25, 0.3) is 6.08 Å². The standard InChI is InChI=1S/C18H14BrClN2OS2/c1-21(2)12-5-3-11(4-6-12)9-16-17(23)22(18(24)25-16)13-7-8-14(19)15(20)10-13/h3-10H,1-2H3/b16-9+. The molecule has 1 heterocycles. The zero-order chi connectivity index (χ0) is 18.1. The Kier molecular flexibility index (Phi) is 5.53. The summed E-state index contributed by atoms with van der Waals surface area (Å²) < 4.78 is 1.28. The lowest BCUT2D eigenvalue weighted by molar-refractivity contribution is -0.113. The highest BCUT2D eigenvalue weighted by atomic mass is 79.9. The molecule has 2 aromatic rings. The summed E-state index contributed by atoms with van der Waals surface area (Å²) in [5.41, 5.74) is 2.73. The number of carbonyl (C=O) groups excluding carboxylic acids is 1. The third-order valence-corrected chi connectivity index (χ3v) is 6.20. The topological polar surface area (TPSA) is 23.6 Å². The first kappa shape index (κ1) is 18.5. The van der Waals surface area contributed by atoms with Crippen LogP contribution in [0.2, 0.25) is 5.02 Å². The van der Waals surface area contributed by atoms with E-state index in [0.717, 1.165) is 15.7 Å². The molecule has 1 fully saturated rings. The molecule has 7 heteroatoms. The van der Waals surface area contributed by atoms with Gasteiger partial charge in [0.2, 0.25) is 0 Å². The van der Waals surface area contributed by atoms with Crippen molar-refractivity contribution in [3.63, 3.8) is 0 Å². The summed E-state index contributed by atoms with van der Waals surface area (Å²) in [5, 5.41) is 0.537. The fourth-order valence-electron chi connectivity index (χ4n) is 2.33. The van der Waals surface area contributed by atoms with Crippen molar-refractivity contribution in [3.8, 4) is 0 Å². The number of nitrogens with zero attached hydrogens (tertiary/aromatic N) is 2. The maximum absolute atomic E-state index is 12.8. The van der Waals surface area contributed by atoms with Crippen molar-refractivity contribution in [1.82, 2.24) is 0 Å². The van der Waals surface area contributed by atoms with Gasteiger partial charge in [-0.05, 0) is 57.9 Å². The van der Waals surface area contributed by atoms with Gasteiger partial charge in [-0.1, -0.05) is 47.7 Å². The molecule has 128 valence electrons. The van der Waals surface area contributed by atoms with E-state index in [1.807, 2.05) is 55.4 Å². The number of hydrogen-bond donors (Lipinski definition) is 0. The van der Waals surface area contributed by atoms with Crippen LogP contribution in [-0.2, 0) is 4.79 Å². The number of rotatable bonds is 3. The summed E-state index contributed by atoms with van der Waals surface area (Å²) in [6.45, 7) is 0. The van der Waals surface area contributed by atoms with E-state index in [9.17, 15) is 4.79 Å². The van der Waals surface area contributed by atoms with E-state index in [0.29, 0.717) is 19.9 Å². The molecule has 0 aliphatic carbocycles. The van der Waals surface area contributed by atoms with Gasteiger partial charge < -0.3 is 4.90 Å². The molecule has 3 rings (SSSR count). The maximum Gasteiger partial charge on any atom is 0.270 e. The van der Waals surface area contributed by atoms with Gasteiger partial charge in [0.15, 0.2) is 4.32 Å². The fourth-order valence-corrected chi connectivity index (χ4v) is 4.05. The number of thiocarbonyl (C=S) groups is 1. The van der Waals surface area contributed by atoms with Crippen LogP contribution in [0.5, 0.6) is 0 Å². The lowest BCUT2D eigenvalue weighted by Crippen LogP contribution is -2.27. The number of amides is 1. The van der Waals surface area contributed by atoms with Crippen LogP contribution >= 0.6 is 51.5 Å². The molecule has 0 N–H and O–H groups in total. The lowest BCUT2D eigenvalue weighted by atomic mass is 10.2. The van der Waals surface area contributed by atoms with Crippen LogP contribution < -0.4 is 9.80 Å². The molecule has 0 atom stereocenters.